The Labute approximate surface area is 126 Å². The lowest BCUT2D eigenvalue weighted by molar-refractivity contribution is 0.751. The average molecular weight is 292 g/mol. The first-order chi connectivity index (χ1) is 10.3. The Balaban J connectivity index is 1.55. The number of rotatable bonds is 2. The number of nitrogens with one attached hydrogen (secondary N) is 1. The van der Waals surface area contributed by atoms with Crippen molar-refractivity contribution in [3.8, 4) is 6.07 Å². The van der Waals surface area contributed by atoms with Gasteiger partial charge < -0.3 is 5.32 Å². The highest BCUT2D eigenvalue weighted by molar-refractivity contribution is 8.15. The number of anilines is 1. The van der Waals surface area contributed by atoms with Crippen molar-refractivity contribution in [3.63, 3.8) is 0 Å². The molecule has 1 fully saturated rings. The number of hydrogen-bond acceptors (Lipinski definition) is 5. The van der Waals surface area contributed by atoms with E-state index in [1.54, 1.807) is 30.1 Å². The Morgan fingerprint density at radius 1 is 1.29 bits per heavy atom. The Morgan fingerprint density at radius 2 is 2.14 bits per heavy atom. The summed E-state index contributed by atoms with van der Waals surface area (Å²) < 4.78 is 0. The van der Waals surface area contributed by atoms with Crippen LogP contribution in [0, 0.1) is 11.3 Å². The summed E-state index contributed by atoms with van der Waals surface area (Å²) in [5.74, 6) is 0. The van der Waals surface area contributed by atoms with Gasteiger partial charge in [-0.15, -0.1) is 0 Å². The normalized spacial score (nSPS) is 25.7. The van der Waals surface area contributed by atoms with Crippen molar-refractivity contribution >= 4 is 22.6 Å². The summed E-state index contributed by atoms with van der Waals surface area (Å²) >= 11 is 1.78. The third-order valence-corrected chi connectivity index (χ3v) is 5.11. The molecule has 1 aromatic heterocycles. The molecule has 0 amide bonds. The second-order valence-corrected chi connectivity index (χ2v) is 6.40. The largest absolute Gasteiger partial charge is 0.335 e. The van der Waals surface area contributed by atoms with Crippen LogP contribution in [0.2, 0.25) is 0 Å². The first kappa shape index (κ1) is 12.4. The van der Waals surface area contributed by atoms with Crippen LogP contribution in [-0.2, 0) is 5.54 Å². The summed E-state index contributed by atoms with van der Waals surface area (Å²) in [5.41, 5.74) is 2.74. The maximum absolute atomic E-state index is 8.81. The van der Waals surface area contributed by atoms with Crippen LogP contribution in [0.15, 0.2) is 53.8 Å². The maximum Gasteiger partial charge on any atom is 0.162 e. The lowest BCUT2D eigenvalue weighted by atomic mass is 10.1. The van der Waals surface area contributed by atoms with E-state index < -0.39 is 0 Å². The molecular weight excluding hydrogens is 280 g/mol. The van der Waals surface area contributed by atoms with Crippen LogP contribution in [0.1, 0.15) is 17.5 Å². The Hall–Kier alpha value is -2.32. The van der Waals surface area contributed by atoms with Gasteiger partial charge in [0.15, 0.2) is 5.17 Å². The maximum atomic E-state index is 8.81. The Bertz CT molecular complexity index is 748. The minimum Gasteiger partial charge on any atom is -0.335 e. The zero-order chi connectivity index (χ0) is 14.3. The Morgan fingerprint density at radius 3 is 2.86 bits per heavy atom. The highest BCUT2D eigenvalue weighted by atomic mass is 32.2. The minimum atomic E-state index is -0.0755. The molecule has 0 bridgehead atoms. The zero-order valence-electron chi connectivity index (χ0n) is 11.2. The molecule has 0 radical (unpaired) electrons. The molecule has 2 unspecified atom stereocenters. The average Bonchev–Trinajstić information content (AvgIpc) is 3.12. The molecule has 1 aliphatic heterocycles. The number of aromatic nitrogens is 1. The molecule has 2 atom stereocenters. The summed E-state index contributed by atoms with van der Waals surface area (Å²) in [6.07, 6.45) is 4.79. The van der Waals surface area contributed by atoms with E-state index in [4.69, 9.17) is 10.3 Å². The molecule has 2 aromatic rings. The number of aliphatic imine (C=N–C) groups is 1. The van der Waals surface area contributed by atoms with Gasteiger partial charge in [0.1, 0.15) is 5.54 Å². The van der Waals surface area contributed by atoms with Gasteiger partial charge >= 0.3 is 0 Å². The second-order valence-electron chi connectivity index (χ2n) is 5.21. The van der Waals surface area contributed by atoms with Crippen LogP contribution >= 0.6 is 11.8 Å². The van der Waals surface area contributed by atoms with Crippen molar-refractivity contribution < 1.29 is 0 Å². The van der Waals surface area contributed by atoms with Crippen LogP contribution in [-0.4, -0.2) is 15.4 Å². The van der Waals surface area contributed by atoms with Gasteiger partial charge in [-0.3, -0.25) is 4.98 Å². The molecule has 1 aromatic carbocycles. The van der Waals surface area contributed by atoms with Crippen LogP contribution in [0.3, 0.4) is 0 Å². The first-order valence-corrected chi connectivity index (χ1v) is 7.62. The molecule has 4 rings (SSSR count). The van der Waals surface area contributed by atoms with E-state index in [2.05, 4.69) is 22.4 Å². The van der Waals surface area contributed by atoms with Crippen LogP contribution in [0.25, 0.3) is 0 Å². The van der Waals surface area contributed by atoms with E-state index >= 15 is 0 Å². The Kier molecular flexibility index (Phi) is 2.72. The zero-order valence-corrected chi connectivity index (χ0v) is 12.0. The molecule has 2 aliphatic rings. The van der Waals surface area contributed by atoms with Gasteiger partial charge in [-0.1, -0.05) is 17.8 Å². The van der Waals surface area contributed by atoms with Gasteiger partial charge in [0.05, 0.1) is 11.6 Å². The third-order valence-electron chi connectivity index (χ3n) is 3.85. The van der Waals surface area contributed by atoms with Crippen molar-refractivity contribution in [2.75, 3.05) is 5.32 Å². The van der Waals surface area contributed by atoms with Crippen molar-refractivity contribution in [2.45, 2.75) is 17.2 Å². The predicted molar refractivity (Wildman–Crippen MR) is 84.1 cm³/mol. The van der Waals surface area contributed by atoms with Gasteiger partial charge in [0.2, 0.25) is 0 Å². The topological polar surface area (TPSA) is 61.1 Å². The summed E-state index contributed by atoms with van der Waals surface area (Å²) in [7, 11) is 0. The van der Waals surface area contributed by atoms with E-state index in [1.807, 2.05) is 24.4 Å². The van der Waals surface area contributed by atoms with Crippen molar-refractivity contribution in [2.24, 2.45) is 4.99 Å². The van der Waals surface area contributed by atoms with Crippen molar-refractivity contribution in [1.82, 2.24) is 4.98 Å². The smallest absolute Gasteiger partial charge is 0.162 e. The molecule has 1 aliphatic carbocycles. The quantitative estimate of drug-likeness (QED) is 0.923. The first-order valence-electron chi connectivity index (χ1n) is 6.74. The molecule has 102 valence electrons. The number of benzene rings is 1. The minimum absolute atomic E-state index is 0.0755. The number of nitriles is 1. The lowest BCUT2D eigenvalue weighted by Crippen LogP contribution is -2.09. The highest BCUT2D eigenvalue weighted by Gasteiger charge is 2.61. The standard InChI is InChI=1S/C16H12N4S/c17-9-11-3-5-13(6-4-11)19-15-20-16(8-14(16)21-15)12-2-1-7-18-10-12/h1-7,10,14H,8H2,(H,19,20). The molecule has 0 saturated heterocycles. The monoisotopic (exact) mass is 292 g/mol. The SMILES string of the molecule is N#Cc1ccc(NC2=NC3(c4cccnc4)CC3S2)cc1. The van der Waals surface area contributed by atoms with E-state index in [0.29, 0.717) is 10.8 Å². The summed E-state index contributed by atoms with van der Waals surface area (Å²) in [6, 6.07) is 13.6. The summed E-state index contributed by atoms with van der Waals surface area (Å²) in [5, 5.41) is 13.6. The van der Waals surface area contributed by atoms with E-state index in [0.717, 1.165) is 17.3 Å². The van der Waals surface area contributed by atoms with Gasteiger partial charge in [-0.2, -0.15) is 5.26 Å². The fourth-order valence-corrected chi connectivity index (χ4v) is 4.00. The van der Waals surface area contributed by atoms with Gasteiger partial charge in [-0.25, -0.2) is 4.99 Å². The summed E-state index contributed by atoms with van der Waals surface area (Å²) in [6.45, 7) is 0. The van der Waals surface area contributed by atoms with Gasteiger partial charge in [0, 0.05) is 23.3 Å². The molecule has 4 nitrogen and oxygen atoms in total. The van der Waals surface area contributed by atoms with Crippen LogP contribution in [0.4, 0.5) is 5.69 Å². The molecular formula is C16H12N4S. The number of hydrogen-bond donors (Lipinski definition) is 1. The van der Waals surface area contributed by atoms with Crippen LogP contribution < -0.4 is 5.32 Å². The van der Waals surface area contributed by atoms with E-state index in [9.17, 15) is 0 Å². The summed E-state index contributed by atoms with van der Waals surface area (Å²) in [4.78, 5) is 9.07. The molecule has 21 heavy (non-hydrogen) atoms. The van der Waals surface area contributed by atoms with Crippen LogP contribution in [0.5, 0.6) is 0 Å². The third kappa shape index (κ3) is 2.08. The predicted octanol–water partition coefficient (Wildman–Crippen LogP) is 3.14. The van der Waals surface area contributed by atoms with E-state index in [-0.39, 0.29) is 5.54 Å². The molecule has 5 heteroatoms. The number of pyridine rings is 1. The second kappa shape index (κ2) is 4.61. The highest BCUT2D eigenvalue weighted by Crippen LogP contribution is 2.61. The van der Waals surface area contributed by atoms with Gasteiger partial charge in [-0.05, 0) is 42.3 Å². The number of fused-ring (bicyclic) bond motifs is 1. The van der Waals surface area contributed by atoms with Gasteiger partial charge in [0.25, 0.3) is 0 Å². The number of amidine groups is 1. The van der Waals surface area contributed by atoms with E-state index in [1.165, 1.54) is 5.56 Å². The van der Waals surface area contributed by atoms with Crippen molar-refractivity contribution in [1.29, 1.82) is 5.26 Å². The molecule has 1 saturated carbocycles. The number of nitrogens with zero attached hydrogens (tertiary/aromatic N) is 3. The molecule has 0 spiro atoms. The molecule has 2 heterocycles. The fourth-order valence-electron chi connectivity index (χ4n) is 2.62. The molecule has 1 N–H and O–H groups in total. The fraction of sp³-hybridized carbons (Fsp3) is 0.188. The number of thioether (sulfide) groups is 1. The lowest BCUT2D eigenvalue weighted by Gasteiger charge is -2.09. The van der Waals surface area contributed by atoms with Crippen molar-refractivity contribution in [3.05, 3.63) is 59.9 Å².